The molecule has 0 fully saturated rings. The lowest BCUT2D eigenvalue weighted by atomic mass is 9.86. The van der Waals surface area contributed by atoms with Gasteiger partial charge in [-0.15, -0.1) is 0 Å². The van der Waals surface area contributed by atoms with E-state index in [0.29, 0.717) is 5.82 Å². The Morgan fingerprint density at radius 1 is 1.33 bits per heavy atom. The highest BCUT2D eigenvalue weighted by Crippen LogP contribution is 2.26. The van der Waals surface area contributed by atoms with Gasteiger partial charge in [0.25, 0.3) is 0 Å². The zero-order chi connectivity index (χ0) is 14.1. The van der Waals surface area contributed by atoms with Gasteiger partial charge in [0.15, 0.2) is 5.69 Å². The average molecular weight is 273 g/mol. The highest BCUT2D eigenvalue weighted by atomic mass is 35.5. The fourth-order valence-electron chi connectivity index (χ4n) is 1.13. The number of nitrogens with zero attached hydrogens (tertiary/aromatic N) is 1. The summed E-state index contributed by atoms with van der Waals surface area (Å²) in [5.74, 6) is -0.839. The van der Waals surface area contributed by atoms with Crippen LogP contribution in [0.2, 0.25) is 5.02 Å². The number of hydrogen-bond acceptors (Lipinski definition) is 4. The smallest absolute Gasteiger partial charge is 0.356 e. The van der Waals surface area contributed by atoms with E-state index in [1.807, 2.05) is 0 Å². The number of carboxylic acids is 1. The maximum Gasteiger partial charge on any atom is 0.356 e. The van der Waals surface area contributed by atoms with Gasteiger partial charge < -0.3 is 15.5 Å². The third-order valence-electron chi connectivity index (χ3n) is 3.02. The predicted octanol–water partition coefficient (Wildman–Crippen LogP) is 2.39. The van der Waals surface area contributed by atoms with Crippen LogP contribution in [0.4, 0.5) is 5.82 Å². The Labute approximate surface area is 111 Å². The van der Waals surface area contributed by atoms with Gasteiger partial charge in [-0.1, -0.05) is 11.6 Å². The minimum atomic E-state index is -1.19. The largest absolute Gasteiger partial charge is 0.476 e. The van der Waals surface area contributed by atoms with Gasteiger partial charge >= 0.3 is 5.97 Å². The van der Waals surface area contributed by atoms with E-state index in [0.717, 1.165) is 0 Å². The summed E-state index contributed by atoms with van der Waals surface area (Å²) < 4.78 is 0. The van der Waals surface area contributed by atoms with Crippen LogP contribution in [0.1, 0.15) is 38.2 Å². The van der Waals surface area contributed by atoms with Crippen LogP contribution < -0.4 is 5.32 Å². The molecule has 0 aliphatic heterocycles. The maximum atomic E-state index is 10.9. The summed E-state index contributed by atoms with van der Waals surface area (Å²) in [5, 5.41) is 22.0. The second-order valence-corrected chi connectivity index (χ2v) is 5.55. The lowest BCUT2D eigenvalue weighted by Crippen LogP contribution is -2.51. The van der Waals surface area contributed by atoms with Crippen molar-refractivity contribution in [2.75, 3.05) is 5.32 Å². The normalized spacial score (nSPS) is 12.3. The molecule has 1 rings (SSSR count). The molecule has 1 aromatic rings. The molecular weight excluding hydrogens is 256 g/mol. The average Bonchev–Trinajstić information content (AvgIpc) is 2.18. The van der Waals surface area contributed by atoms with Crippen LogP contribution in [-0.2, 0) is 0 Å². The summed E-state index contributed by atoms with van der Waals surface area (Å²) in [7, 11) is 0. The van der Waals surface area contributed by atoms with Gasteiger partial charge in [-0.25, -0.2) is 9.78 Å². The maximum absolute atomic E-state index is 10.9. The quantitative estimate of drug-likeness (QED) is 0.784. The molecule has 0 spiro atoms. The molecule has 0 aliphatic rings. The standard InChI is InChI=1S/C12H17ClN2O3/c1-11(2,12(3,4)18)15-8-6-5-7(13)9(14-8)10(16)17/h5-6,18H,1-4H3,(H,14,15)(H,16,17). The van der Waals surface area contributed by atoms with E-state index in [1.54, 1.807) is 33.8 Å². The number of carbonyl (C=O) groups is 1. The van der Waals surface area contributed by atoms with Crippen molar-refractivity contribution in [3.63, 3.8) is 0 Å². The molecule has 0 aliphatic carbocycles. The first-order valence-electron chi connectivity index (χ1n) is 5.45. The number of nitrogens with one attached hydrogen (secondary N) is 1. The highest BCUT2D eigenvalue weighted by molar-refractivity contribution is 6.33. The lowest BCUT2D eigenvalue weighted by Gasteiger charge is -2.38. The molecule has 0 amide bonds. The van der Waals surface area contributed by atoms with Crippen molar-refractivity contribution in [1.82, 2.24) is 4.98 Å². The van der Waals surface area contributed by atoms with Crippen LogP contribution in [0.5, 0.6) is 0 Å². The lowest BCUT2D eigenvalue weighted by molar-refractivity contribution is 0.0239. The van der Waals surface area contributed by atoms with Crippen molar-refractivity contribution in [2.24, 2.45) is 0 Å². The van der Waals surface area contributed by atoms with Crippen molar-refractivity contribution in [1.29, 1.82) is 0 Å². The van der Waals surface area contributed by atoms with Crippen LogP contribution in [0.3, 0.4) is 0 Å². The van der Waals surface area contributed by atoms with Crippen LogP contribution in [0.25, 0.3) is 0 Å². The first-order chi connectivity index (χ1) is 8.04. The molecule has 18 heavy (non-hydrogen) atoms. The van der Waals surface area contributed by atoms with E-state index >= 15 is 0 Å². The number of anilines is 1. The topological polar surface area (TPSA) is 82.5 Å². The Morgan fingerprint density at radius 2 is 1.89 bits per heavy atom. The predicted molar refractivity (Wildman–Crippen MR) is 70.2 cm³/mol. The second kappa shape index (κ2) is 4.74. The number of hydrogen-bond donors (Lipinski definition) is 3. The monoisotopic (exact) mass is 272 g/mol. The molecule has 0 saturated carbocycles. The van der Waals surface area contributed by atoms with Gasteiger partial charge in [-0.05, 0) is 39.8 Å². The second-order valence-electron chi connectivity index (χ2n) is 5.14. The van der Waals surface area contributed by atoms with Gasteiger partial charge in [0.2, 0.25) is 0 Å². The highest BCUT2D eigenvalue weighted by Gasteiger charge is 2.35. The molecule has 1 heterocycles. The number of rotatable bonds is 4. The van der Waals surface area contributed by atoms with Crippen molar-refractivity contribution < 1.29 is 15.0 Å². The Balaban J connectivity index is 3.07. The number of aromatic carboxylic acids is 1. The number of pyridine rings is 1. The van der Waals surface area contributed by atoms with E-state index in [4.69, 9.17) is 16.7 Å². The fourth-order valence-corrected chi connectivity index (χ4v) is 1.32. The van der Waals surface area contributed by atoms with Gasteiger partial charge in [0.1, 0.15) is 5.82 Å². The van der Waals surface area contributed by atoms with Crippen LogP contribution in [-0.4, -0.2) is 32.3 Å². The third-order valence-corrected chi connectivity index (χ3v) is 3.32. The van der Waals surface area contributed by atoms with Crippen LogP contribution in [0, 0.1) is 0 Å². The van der Waals surface area contributed by atoms with E-state index in [1.165, 1.54) is 6.07 Å². The molecule has 1 aromatic heterocycles. The Morgan fingerprint density at radius 3 is 2.33 bits per heavy atom. The van der Waals surface area contributed by atoms with E-state index in [-0.39, 0.29) is 10.7 Å². The number of aromatic nitrogens is 1. The van der Waals surface area contributed by atoms with Crippen molar-refractivity contribution >= 4 is 23.4 Å². The molecule has 0 aromatic carbocycles. The molecule has 0 unspecified atom stereocenters. The minimum absolute atomic E-state index is 0.0779. The minimum Gasteiger partial charge on any atom is -0.476 e. The van der Waals surface area contributed by atoms with Gasteiger partial charge in [-0.3, -0.25) is 0 Å². The first kappa shape index (κ1) is 14.7. The summed E-state index contributed by atoms with van der Waals surface area (Å²) in [5.41, 5.74) is -1.89. The molecule has 3 N–H and O–H groups in total. The number of halogens is 1. The Bertz CT molecular complexity index is 467. The Hall–Kier alpha value is -1.33. The summed E-state index contributed by atoms with van der Waals surface area (Å²) in [4.78, 5) is 14.8. The Kier molecular flexibility index (Phi) is 3.88. The summed E-state index contributed by atoms with van der Waals surface area (Å²) in [6.07, 6.45) is 0. The zero-order valence-corrected chi connectivity index (χ0v) is 11.5. The molecule has 0 saturated heterocycles. The third kappa shape index (κ3) is 3.11. The van der Waals surface area contributed by atoms with E-state index < -0.39 is 17.1 Å². The molecule has 0 atom stereocenters. The summed E-state index contributed by atoms with van der Waals surface area (Å²) in [6.45, 7) is 6.91. The van der Waals surface area contributed by atoms with Gasteiger partial charge in [-0.2, -0.15) is 0 Å². The molecule has 0 bridgehead atoms. The molecule has 0 radical (unpaired) electrons. The zero-order valence-electron chi connectivity index (χ0n) is 10.8. The van der Waals surface area contributed by atoms with Crippen LogP contribution >= 0.6 is 11.6 Å². The molecular formula is C12H17ClN2O3. The summed E-state index contributed by atoms with van der Waals surface area (Å²) >= 11 is 5.73. The molecule has 5 nitrogen and oxygen atoms in total. The SMILES string of the molecule is CC(C)(O)C(C)(C)Nc1ccc(Cl)c(C(=O)O)n1. The summed E-state index contributed by atoms with van der Waals surface area (Å²) in [6, 6.07) is 3.03. The molecule has 6 heteroatoms. The van der Waals surface area contributed by atoms with E-state index in [2.05, 4.69) is 10.3 Å². The number of carboxylic acid groups (broad SMARTS) is 1. The number of aliphatic hydroxyl groups is 1. The van der Waals surface area contributed by atoms with Crippen molar-refractivity contribution in [3.05, 3.63) is 22.8 Å². The fraction of sp³-hybridized carbons (Fsp3) is 0.500. The first-order valence-corrected chi connectivity index (χ1v) is 5.83. The molecule has 100 valence electrons. The van der Waals surface area contributed by atoms with E-state index in [9.17, 15) is 9.90 Å². The van der Waals surface area contributed by atoms with Crippen molar-refractivity contribution in [3.8, 4) is 0 Å². The van der Waals surface area contributed by atoms with Gasteiger partial charge in [0, 0.05) is 0 Å². The van der Waals surface area contributed by atoms with Gasteiger partial charge in [0.05, 0.1) is 16.2 Å². The van der Waals surface area contributed by atoms with Crippen LogP contribution in [0.15, 0.2) is 12.1 Å². The van der Waals surface area contributed by atoms with Crippen molar-refractivity contribution in [2.45, 2.75) is 38.8 Å².